The fourth-order valence-corrected chi connectivity index (χ4v) is 5.92. The highest BCUT2D eigenvalue weighted by Crippen LogP contribution is 2.39. The highest BCUT2D eigenvalue weighted by molar-refractivity contribution is 7.90. The van der Waals surface area contributed by atoms with Crippen molar-refractivity contribution in [3.8, 4) is 0 Å². The summed E-state index contributed by atoms with van der Waals surface area (Å²) in [5.41, 5.74) is 1.57. The molecule has 0 unspecified atom stereocenters. The number of ether oxygens (including phenoxy) is 1. The standard InChI is InChI=1S/C25H28ClNO5S/c1-33(30,31)20-11-12-21(23(26)15-20)22(14-18-9-5-6-10-18)24(28)27-19(16-32-25(27)29)13-17-7-3-2-4-8-17/h2-4,7-8,11-12,15,18-19,22H,5-6,9-10,13-14,16H2,1H3/t19-,22-/m1/s1. The number of nitrogens with zero attached hydrogens (tertiary/aromatic N) is 1. The third-order valence-electron chi connectivity index (χ3n) is 6.63. The minimum absolute atomic E-state index is 0.103. The molecule has 2 fully saturated rings. The Bertz CT molecular complexity index is 1130. The second-order valence-electron chi connectivity index (χ2n) is 9.02. The number of hydrogen-bond donors (Lipinski definition) is 0. The van der Waals surface area contributed by atoms with E-state index in [1.807, 2.05) is 30.3 Å². The Balaban J connectivity index is 1.66. The average Bonchev–Trinajstić information content (AvgIpc) is 3.42. The summed E-state index contributed by atoms with van der Waals surface area (Å²) in [4.78, 5) is 27.8. The van der Waals surface area contributed by atoms with E-state index in [1.165, 1.54) is 17.0 Å². The number of amides is 2. The van der Waals surface area contributed by atoms with Gasteiger partial charge in [-0.2, -0.15) is 0 Å². The molecule has 1 saturated carbocycles. The smallest absolute Gasteiger partial charge is 0.417 e. The number of sulfone groups is 1. The molecule has 4 rings (SSSR count). The van der Waals surface area contributed by atoms with Gasteiger partial charge in [0.15, 0.2) is 9.84 Å². The average molecular weight is 490 g/mol. The van der Waals surface area contributed by atoms with E-state index in [0.717, 1.165) is 37.5 Å². The van der Waals surface area contributed by atoms with Crippen molar-refractivity contribution in [1.82, 2.24) is 4.90 Å². The number of carbonyl (C=O) groups is 2. The van der Waals surface area contributed by atoms with Crippen LogP contribution in [-0.2, 0) is 25.8 Å². The molecule has 2 atom stereocenters. The van der Waals surface area contributed by atoms with E-state index in [9.17, 15) is 18.0 Å². The molecule has 0 radical (unpaired) electrons. The molecule has 1 heterocycles. The summed E-state index contributed by atoms with van der Waals surface area (Å²) < 4.78 is 29.2. The normalized spacial score (nSPS) is 20.1. The summed E-state index contributed by atoms with van der Waals surface area (Å²) in [6.07, 6.45) is 5.85. The van der Waals surface area contributed by atoms with Gasteiger partial charge in [0, 0.05) is 11.3 Å². The summed E-state index contributed by atoms with van der Waals surface area (Å²) in [6.45, 7) is 0.149. The predicted molar refractivity (Wildman–Crippen MR) is 126 cm³/mol. The molecule has 1 aliphatic heterocycles. The predicted octanol–water partition coefficient (Wildman–Crippen LogP) is 5.00. The van der Waals surface area contributed by atoms with Crippen LogP contribution < -0.4 is 0 Å². The van der Waals surface area contributed by atoms with Gasteiger partial charge >= 0.3 is 6.09 Å². The van der Waals surface area contributed by atoms with Crippen LogP contribution in [0.1, 0.15) is 49.1 Å². The number of halogens is 1. The number of imide groups is 1. The van der Waals surface area contributed by atoms with Gasteiger partial charge in [-0.1, -0.05) is 73.7 Å². The monoisotopic (exact) mass is 489 g/mol. The van der Waals surface area contributed by atoms with Gasteiger partial charge < -0.3 is 4.74 Å². The molecule has 0 spiro atoms. The summed E-state index contributed by atoms with van der Waals surface area (Å²) in [5.74, 6) is -0.617. The largest absolute Gasteiger partial charge is 0.447 e. The number of benzene rings is 2. The molecule has 6 nitrogen and oxygen atoms in total. The molecule has 0 bridgehead atoms. The van der Waals surface area contributed by atoms with Crippen LogP contribution in [0.3, 0.4) is 0 Å². The zero-order chi connectivity index (χ0) is 23.6. The first-order valence-electron chi connectivity index (χ1n) is 11.3. The van der Waals surface area contributed by atoms with Crippen LogP contribution in [-0.4, -0.2) is 44.2 Å². The van der Waals surface area contributed by atoms with E-state index in [4.69, 9.17) is 16.3 Å². The van der Waals surface area contributed by atoms with Gasteiger partial charge in [-0.3, -0.25) is 4.79 Å². The molecular formula is C25H28ClNO5S. The molecule has 2 aliphatic rings. The van der Waals surface area contributed by atoms with E-state index in [1.54, 1.807) is 6.07 Å². The second-order valence-corrected chi connectivity index (χ2v) is 11.4. The lowest BCUT2D eigenvalue weighted by Gasteiger charge is -2.27. The molecule has 176 valence electrons. The van der Waals surface area contributed by atoms with Crippen molar-refractivity contribution in [2.24, 2.45) is 5.92 Å². The lowest BCUT2D eigenvalue weighted by Crippen LogP contribution is -2.43. The fraction of sp³-hybridized carbons (Fsp3) is 0.440. The van der Waals surface area contributed by atoms with Crippen LogP contribution in [0.15, 0.2) is 53.4 Å². The Kier molecular flexibility index (Phi) is 7.10. The molecule has 1 saturated heterocycles. The zero-order valence-corrected chi connectivity index (χ0v) is 20.1. The Labute approximate surface area is 199 Å². The van der Waals surface area contributed by atoms with Crippen molar-refractivity contribution in [3.05, 3.63) is 64.7 Å². The van der Waals surface area contributed by atoms with Crippen LogP contribution >= 0.6 is 11.6 Å². The van der Waals surface area contributed by atoms with Gasteiger partial charge in [0.05, 0.1) is 16.9 Å². The minimum atomic E-state index is -3.43. The first-order valence-corrected chi connectivity index (χ1v) is 13.5. The van der Waals surface area contributed by atoms with Crippen LogP contribution in [0, 0.1) is 5.92 Å². The van der Waals surface area contributed by atoms with Crippen molar-refractivity contribution < 1.29 is 22.7 Å². The van der Waals surface area contributed by atoms with E-state index in [2.05, 4.69) is 0 Å². The quantitative estimate of drug-likeness (QED) is 0.546. The van der Waals surface area contributed by atoms with Crippen LogP contribution in [0.4, 0.5) is 4.79 Å². The molecule has 33 heavy (non-hydrogen) atoms. The highest BCUT2D eigenvalue weighted by atomic mass is 35.5. The van der Waals surface area contributed by atoms with Crippen molar-refractivity contribution in [2.75, 3.05) is 12.9 Å². The van der Waals surface area contributed by atoms with Gasteiger partial charge in [0.1, 0.15) is 6.61 Å². The summed E-state index contributed by atoms with van der Waals surface area (Å²) in [6, 6.07) is 13.8. The van der Waals surface area contributed by atoms with Crippen LogP contribution in [0.2, 0.25) is 5.02 Å². The summed E-state index contributed by atoms with van der Waals surface area (Å²) in [7, 11) is -3.43. The van der Waals surface area contributed by atoms with Crippen molar-refractivity contribution >= 4 is 33.4 Å². The minimum Gasteiger partial charge on any atom is -0.447 e. The molecular weight excluding hydrogens is 462 g/mol. The Morgan fingerprint density at radius 1 is 1.15 bits per heavy atom. The maximum Gasteiger partial charge on any atom is 0.417 e. The topological polar surface area (TPSA) is 80.8 Å². The van der Waals surface area contributed by atoms with Gasteiger partial charge in [0.25, 0.3) is 0 Å². The summed E-state index contributed by atoms with van der Waals surface area (Å²) >= 11 is 6.52. The lowest BCUT2D eigenvalue weighted by atomic mass is 9.86. The number of rotatable bonds is 7. The van der Waals surface area contributed by atoms with Gasteiger partial charge in [-0.05, 0) is 42.0 Å². The molecule has 2 aromatic rings. The molecule has 1 aliphatic carbocycles. The Hall–Kier alpha value is -2.38. The van der Waals surface area contributed by atoms with E-state index < -0.39 is 27.9 Å². The van der Waals surface area contributed by atoms with Gasteiger partial charge in [0.2, 0.25) is 5.91 Å². The highest BCUT2D eigenvalue weighted by Gasteiger charge is 2.42. The molecule has 2 aromatic carbocycles. The lowest BCUT2D eigenvalue weighted by molar-refractivity contribution is -0.131. The molecule has 8 heteroatoms. The fourth-order valence-electron chi connectivity index (χ4n) is 4.90. The van der Waals surface area contributed by atoms with Crippen molar-refractivity contribution in [2.45, 2.75) is 55.4 Å². The zero-order valence-electron chi connectivity index (χ0n) is 18.6. The van der Waals surface area contributed by atoms with E-state index in [-0.39, 0.29) is 22.4 Å². The second kappa shape index (κ2) is 9.85. The van der Waals surface area contributed by atoms with Crippen LogP contribution in [0.5, 0.6) is 0 Å². The summed E-state index contributed by atoms with van der Waals surface area (Å²) in [5, 5.41) is 0.224. The SMILES string of the molecule is CS(=O)(=O)c1ccc([C@@H](CC2CCCC2)C(=O)N2C(=O)OC[C@H]2Cc2ccccc2)c(Cl)c1. The maximum atomic E-state index is 13.8. The Morgan fingerprint density at radius 2 is 1.85 bits per heavy atom. The van der Waals surface area contributed by atoms with Crippen LogP contribution in [0.25, 0.3) is 0 Å². The van der Waals surface area contributed by atoms with Crippen molar-refractivity contribution in [1.29, 1.82) is 0 Å². The number of cyclic esters (lactones) is 1. The first kappa shape index (κ1) is 23.8. The molecule has 2 amide bonds. The third kappa shape index (κ3) is 5.41. The van der Waals surface area contributed by atoms with E-state index >= 15 is 0 Å². The number of carbonyl (C=O) groups excluding carboxylic acids is 2. The first-order chi connectivity index (χ1) is 15.7. The molecule has 0 aromatic heterocycles. The van der Waals surface area contributed by atoms with Gasteiger partial charge in [-0.25, -0.2) is 18.1 Å². The third-order valence-corrected chi connectivity index (χ3v) is 8.07. The van der Waals surface area contributed by atoms with Crippen molar-refractivity contribution in [3.63, 3.8) is 0 Å². The number of hydrogen-bond acceptors (Lipinski definition) is 5. The van der Waals surface area contributed by atoms with Gasteiger partial charge in [-0.15, -0.1) is 0 Å². The Morgan fingerprint density at radius 3 is 2.48 bits per heavy atom. The maximum absolute atomic E-state index is 13.8. The van der Waals surface area contributed by atoms with E-state index in [0.29, 0.717) is 24.3 Å². The molecule has 0 N–H and O–H groups in total.